The van der Waals surface area contributed by atoms with Gasteiger partial charge in [-0.05, 0) is 47.7 Å². The molecule has 0 saturated carbocycles. The minimum Gasteiger partial charge on any atom is -0.394 e. The Hall–Kier alpha value is -0.140. The second-order valence-electron chi connectivity index (χ2n) is 3.18. The molecule has 0 heterocycles. The van der Waals surface area contributed by atoms with E-state index in [4.69, 9.17) is 5.11 Å². The number of halogens is 2. The fourth-order valence-corrected chi connectivity index (χ4v) is 1.96. The van der Waals surface area contributed by atoms with E-state index in [9.17, 15) is 4.79 Å². The maximum Gasteiger partial charge on any atom is 0.252 e. The number of aliphatic hydroxyl groups excluding tert-OH is 1. The third-order valence-electron chi connectivity index (χ3n) is 1.82. The average Bonchev–Trinajstić information content (AvgIpc) is 2.21. The molecular weight excluding hydrogens is 373 g/mol. The van der Waals surface area contributed by atoms with Crippen LogP contribution in [0.3, 0.4) is 0 Å². The highest BCUT2D eigenvalue weighted by molar-refractivity contribution is 14.1. The van der Waals surface area contributed by atoms with Crippen molar-refractivity contribution in [2.24, 2.45) is 0 Å². The van der Waals surface area contributed by atoms with Gasteiger partial charge in [0.2, 0.25) is 0 Å². The first-order chi connectivity index (χ1) is 7.04. The van der Waals surface area contributed by atoms with E-state index in [0.29, 0.717) is 5.56 Å². The van der Waals surface area contributed by atoms with Gasteiger partial charge in [0, 0.05) is 14.1 Å². The van der Waals surface area contributed by atoms with Crippen molar-refractivity contribution in [2.75, 3.05) is 6.61 Å². The number of rotatable bonds is 3. The molecule has 1 amide bonds. The molecule has 15 heavy (non-hydrogen) atoms. The van der Waals surface area contributed by atoms with Gasteiger partial charge in [-0.3, -0.25) is 4.79 Å². The molecule has 0 spiro atoms. The van der Waals surface area contributed by atoms with Crippen LogP contribution in [0.1, 0.15) is 17.3 Å². The Labute approximate surface area is 111 Å². The van der Waals surface area contributed by atoms with Gasteiger partial charge >= 0.3 is 0 Å². The lowest BCUT2D eigenvalue weighted by atomic mass is 10.2. The van der Waals surface area contributed by atoms with Gasteiger partial charge in [-0.25, -0.2) is 0 Å². The molecule has 5 heteroatoms. The summed E-state index contributed by atoms with van der Waals surface area (Å²) >= 11 is 5.42. The monoisotopic (exact) mass is 383 g/mol. The number of nitrogens with one attached hydrogen (secondary N) is 1. The first-order valence-electron chi connectivity index (χ1n) is 4.41. The first kappa shape index (κ1) is 12.9. The number of carbonyl (C=O) groups excluding carboxylic acids is 1. The molecule has 0 unspecified atom stereocenters. The molecule has 1 aromatic rings. The quantitative estimate of drug-likeness (QED) is 0.786. The number of benzene rings is 1. The van der Waals surface area contributed by atoms with Crippen LogP contribution in [0.2, 0.25) is 0 Å². The third kappa shape index (κ3) is 3.73. The van der Waals surface area contributed by atoms with Gasteiger partial charge < -0.3 is 10.4 Å². The van der Waals surface area contributed by atoms with E-state index >= 15 is 0 Å². The zero-order chi connectivity index (χ0) is 11.4. The van der Waals surface area contributed by atoms with Crippen molar-refractivity contribution in [2.45, 2.75) is 13.0 Å². The molecule has 0 bridgehead atoms. The van der Waals surface area contributed by atoms with Crippen LogP contribution in [0.15, 0.2) is 22.7 Å². The number of hydrogen-bond acceptors (Lipinski definition) is 2. The van der Waals surface area contributed by atoms with Gasteiger partial charge in [-0.15, -0.1) is 0 Å². The Kier molecular flexibility index (Phi) is 5.01. The second kappa shape index (κ2) is 5.81. The van der Waals surface area contributed by atoms with Crippen LogP contribution in [-0.4, -0.2) is 23.7 Å². The number of hydrogen-bond donors (Lipinski definition) is 2. The van der Waals surface area contributed by atoms with E-state index in [0.717, 1.165) is 8.04 Å². The van der Waals surface area contributed by atoms with E-state index in [1.54, 1.807) is 13.0 Å². The van der Waals surface area contributed by atoms with Crippen LogP contribution in [0, 0.1) is 3.57 Å². The fourth-order valence-electron chi connectivity index (χ4n) is 1.02. The van der Waals surface area contributed by atoms with Crippen LogP contribution in [0.5, 0.6) is 0 Å². The largest absolute Gasteiger partial charge is 0.394 e. The Bertz CT molecular complexity index is 370. The summed E-state index contributed by atoms with van der Waals surface area (Å²) in [7, 11) is 0. The summed E-state index contributed by atoms with van der Waals surface area (Å²) in [6.45, 7) is 1.69. The standard InChI is InChI=1S/C10H11BrINO2/c1-6(5-14)13-10(15)8-4-7(11)2-3-9(8)12/h2-4,6,14H,5H2,1H3,(H,13,15)/t6-/m1/s1. The van der Waals surface area contributed by atoms with Crippen molar-refractivity contribution in [3.05, 3.63) is 31.8 Å². The molecule has 0 aliphatic rings. The van der Waals surface area contributed by atoms with Crippen molar-refractivity contribution < 1.29 is 9.90 Å². The smallest absolute Gasteiger partial charge is 0.252 e. The molecule has 1 atom stereocenters. The van der Waals surface area contributed by atoms with Crippen LogP contribution >= 0.6 is 38.5 Å². The second-order valence-corrected chi connectivity index (χ2v) is 5.26. The van der Waals surface area contributed by atoms with E-state index in [-0.39, 0.29) is 18.6 Å². The van der Waals surface area contributed by atoms with Crippen LogP contribution in [-0.2, 0) is 0 Å². The molecule has 0 saturated heterocycles. The third-order valence-corrected chi connectivity index (χ3v) is 3.26. The summed E-state index contributed by atoms with van der Waals surface area (Å²) < 4.78 is 1.75. The normalized spacial score (nSPS) is 12.3. The molecule has 1 rings (SSSR count). The average molecular weight is 384 g/mol. The molecule has 0 fully saturated rings. The van der Waals surface area contributed by atoms with Gasteiger partial charge in [0.25, 0.3) is 5.91 Å². The van der Waals surface area contributed by atoms with Crippen molar-refractivity contribution >= 4 is 44.4 Å². The topological polar surface area (TPSA) is 49.3 Å². The maximum atomic E-state index is 11.7. The Morgan fingerprint density at radius 3 is 2.93 bits per heavy atom. The molecule has 82 valence electrons. The SMILES string of the molecule is C[C@H](CO)NC(=O)c1cc(Br)ccc1I. The molecule has 0 radical (unpaired) electrons. The van der Waals surface area contributed by atoms with E-state index < -0.39 is 0 Å². The Morgan fingerprint density at radius 2 is 2.33 bits per heavy atom. The van der Waals surface area contributed by atoms with Crippen molar-refractivity contribution in [1.29, 1.82) is 0 Å². The van der Waals surface area contributed by atoms with Crippen molar-refractivity contribution in [1.82, 2.24) is 5.32 Å². The first-order valence-corrected chi connectivity index (χ1v) is 6.28. The van der Waals surface area contributed by atoms with E-state index in [1.165, 1.54) is 0 Å². The van der Waals surface area contributed by atoms with Gasteiger partial charge in [0.05, 0.1) is 12.2 Å². The summed E-state index contributed by atoms with van der Waals surface area (Å²) in [5.41, 5.74) is 0.616. The Balaban J connectivity index is 2.86. The minimum absolute atomic E-state index is 0.0592. The molecule has 2 N–H and O–H groups in total. The number of aliphatic hydroxyl groups is 1. The Morgan fingerprint density at radius 1 is 1.67 bits per heavy atom. The van der Waals surface area contributed by atoms with E-state index in [2.05, 4.69) is 43.8 Å². The fraction of sp³-hybridized carbons (Fsp3) is 0.300. The molecule has 0 aromatic heterocycles. The molecule has 1 aromatic carbocycles. The highest BCUT2D eigenvalue weighted by atomic mass is 127. The van der Waals surface area contributed by atoms with Gasteiger partial charge in [0.1, 0.15) is 0 Å². The van der Waals surface area contributed by atoms with Gasteiger partial charge in [0.15, 0.2) is 0 Å². The van der Waals surface area contributed by atoms with E-state index in [1.807, 2.05) is 12.1 Å². The lowest BCUT2D eigenvalue weighted by Crippen LogP contribution is -2.35. The predicted octanol–water partition coefficient (Wildman–Crippen LogP) is 2.16. The van der Waals surface area contributed by atoms with Gasteiger partial charge in [-0.2, -0.15) is 0 Å². The molecule has 0 aliphatic heterocycles. The predicted molar refractivity (Wildman–Crippen MR) is 70.9 cm³/mol. The molecular formula is C10H11BrINO2. The van der Waals surface area contributed by atoms with Crippen molar-refractivity contribution in [3.8, 4) is 0 Å². The lowest BCUT2D eigenvalue weighted by Gasteiger charge is -2.11. The minimum atomic E-state index is -0.229. The zero-order valence-electron chi connectivity index (χ0n) is 8.13. The van der Waals surface area contributed by atoms with Crippen molar-refractivity contribution in [3.63, 3.8) is 0 Å². The number of carbonyl (C=O) groups is 1. The van der Waals surface area contributed by atoms with Crippen LogP contribution in [0.25, 0.3) is 0 Å². The maximum absolute atomic E-state index is 11.7. The highest BCUT2D eigenvalue weighted by Gasteiger charge is 2.12. The van der Waals surface area contributed by atoms with Crippen LogP contribution < -0.4 is 5.32 Å². The zero-order valence-corrected chi connectivity index (χ0v) is 11.9. The van der Waals surface area contributed by atoms with Crippen LogP contribution in [0.4, 0.5) is 0 Å². The summed E-state index contributed by atoms with van der Waals surface area (Å²) in [4.78, 5) is 11.7. The molecule has 0 aliphatic carbocycles. The highest BCUT2D eigenvalue weighted by Crippen LogP contribution is 2.18. The molecule has 3 nitrogen and oxygen atoms in total. The summed E-state index contributed by atoms with van der Waals surface area (Å²) in [5.74, 6) is -0.165. The summed E-state index contributed by atoms with van der Waals surface area (Å²) in [6.07, 6.45) is 0. The number of amides is 1. The summed E-state index contributed by atoms with van der Waals surface area (Å²) in [5, 5.41) is 11.5. The summed E-state index contributed by atoms with van der Waals surface area (Å²) in [6, 6.07) is 5.28. The van der Waals surface area contributed by atoms with Gasteiger partial charge in [-0.1, -0.05) is 15.9 Å². The lowest BCUT2D eigenvalue weighted by molar-refractivity contribution is 0.0921.